The van der Waals surface area contributed by atoms with Crippen molar-refractivity contribution >= 4 is 47.4 Å². The Morgan fingerprint density at radius 3 is 1.27 bits per heavy atom. The van der Waals surface area contributed by atoms with Crippen LogP contribution in [0.1, 0.15) is 25.0 Å². The molecule has 10 nitrogen and oxygen atoms in total. The first kappa shape index (κ1) is 22.0. The highest BCUT2D eigenvalue weighted by Gasteiger charge is 2.11. The quantitative estimate of drug-likeness (QED) is 0.324. The molecule has 0 radical (unpaired) electrons. The van der Waals surface area contributed by atoms with Crippen LogP contribution in [0.5, 0.6) is 0 Å². The molecule has 30 heavy (non-hydrogen) atoms. The summed E-state index contributed by atoms with van der Waals surface area (Å²) in [5.41, 5.74) is 6.75. The lowest BCUT2D eigenvalue weighted by Crippen LogP contribution is -2.35. The standard InChI is InChI=1S/C20H20N6O4/c1-13(27)23-17-7-3-15(4-8-17)11-21-25-19(29)20(30)26-22-12-16-5-9-18(10-6-16)24-14(2)28/h3-12H,1-2H3,(H,23,27)(H,24,28)(H,25,29)(H,26,30)/b21-11-,22-12-. The minimum absolute atomic E-state index is 0.181. The number of carbonyl (C=O) groups excluding carboxylic acids is 4. The summed E-state index contributed by atoms with van der Waals surface area (Å²) < 4.78 is 0. The van der Waals surface area contributed by atoms with E-state index in [0.717, 1.165) is 0 Å². The molecular weight excluding hydrogens is 388 g/mol. The fourth-order valence-electron chi connectivity index (χ4n) is 2.14. The van der Waals surface area contributed by atoms with E-state index in [1.165, 1.54) is 26.3 Å². The molecule has 2 aromatic carbocycles. The van der Waals surface area contributed by atoms with E-state index in [1.54, 1.807) is 48.5 Å². The zero-order chi connectivity index (χ0) is 21.9. The molecule has 0 aliphatic heterocycles. The summed E-state index contributed by atoms with van der Waals surface area (Å²) in [6.07, 6.45) is 2.70. The van der Waals surface area contributed by atoms with E-state index in [9.17, 15) is 19.2 Å². The van der Waals surface area contributed by atoms with E-state index < -0.39 is 11.8 Å². The summed E-state index contributed by atoms with van der Waals surface area (Å²) in [6.45, 7) is 2.81. The molecular formula is C20H20N6O4. The summed E-state index contributed by atoms with van der Waals surface area (Å²) in [5, 5.41) is 12.6. The molecule has 0 spiro atoms. The van der Waals surface area contributed by atoms with E-state index >= 15 is 0 Å². The molecule has 0 saturated heterocycles. The van der Waals surface area contributed by atoms with Gasteiger partial charge in [0.25, 0.3) is 0 Å². The van der Waals surface area contributed by atoms with Crippen molar-refractivity contribution in [1.29, 1.82) is 0 Å². The molecule has 0 aliphatic carbocycles. The van der Waals surface area contributed by atoms with Crippen molar-refractivity contribution in [2.24, 2.45) is 10.2 Å². The second-order valence-corrected chi connectivity index (χ2v) is 6.00. The topological polar surface area (TPSA) is 141 Å². The molecule has 0 bridgehead atoms. The van der Waals surface area contributed by atoms with Crippen molar-refractivity contribution in [3.05, 3.63) is 59.7 Å². The van der Waals surface area contributed by atoms with Crippen LogP contribution in [0.2, 0.25) is 0 Å². The van der Waals surface area contributed by atoms with Gasteiger partial charge in [-0.25, -0.2) is 10.9 Å². The number of hydrogen-bond acceptors (Lipinski definition) is 6. The Morgan fingerprint density at radius 2 is 0.967 bits per heavy atom. The van der Waals surface area contributed by atoms with Crippen LogP contribution in [0.3, 0.4) is 0 Å². The Labute approximate surface area is 172 Å². The first-order chi connectivity index (χ1) is 14.3. The predicted octanol–water partition coefficient (Wildman–Crippen LogP) is 1.20. The number of benzene rings is 2. The van der Waals surface area contributed by atoms with Crippen LogP contribution in [0, 0.1) is 0 Å². The summed E-state index contributed by atoms with van der Waals surface area (Å²) >= 11 is 0. The van der Waals surface area contributed by atoms with Crippen LogP contribution in [-0.2, 0) is 19.2 Å². The molecule has 0 unspecified atom stereocenters. The molecule has 10 heteroatoms. The van der Waals surface area contributed by atoms with Crippen molar-refractivity contribution in [2.75, 3.05) is 10.6 Å². The second-order valence-electron chi connectivity index (χ2n) is 6.00. The molecule has 0 heterocycles. The Kier molecular flexibility index (Phi) is 7.94. The van der Waals surface area contributed by atoms with Crippen LogP contribution in [0.4, 0.5) is 11.4 Å². The number of hydrogen-bond donors (Lipinski definition) is 4. The Bertz CT molecular complexity index is 900. The average molecular weight is 408 g/mol. The van der Waals surface area contributed by atoms with Crippen molar-refractivity contribution in [3.63, 3.8) is 0 Å². The molecule has 0 saturated carbocycles. The smallest absolute Gasteiger partial charge is 0.326 e. The van der Waals surface area contributed by atoms with Gasteiger partial charge in [-0.05, 0) is 35.4 Å². The third kappa shape index (κ3) is 7.72. The van der Waals surface area contributed by atoms with Gasteiger partial charge < -0.3 is 10.6 Å². The summed E-state index contributed by atoms with van der Waals surface area (Å²) in [4.78, 5) is 45.3. The molecule has 0 atom stereocenters. The first-order valence-electron chi connectivity index (χ1n) is 8.75. The number of nitrogens with zero attached hydrogens (tertiary/aromatic N) is 2. The zero-order valence-electron chi connectivity index (χ0n) is 16.3. The van der Waals surface area contributed by atoms with E-state index in [2.05, 4.69) is 31.7 Å². The van der Waals surface area contributed by atoms with Crippen LogP contribution < -0.4 is 21.5 Å². The van der Waals surface area contributed by atoms with Gasteiger partial charge in [-0.3, -0.25) is 19.2 Å². The van der Waals surface area contributed by atoms with Gasteiger partial charge in [0, 0.05) is 25.2 Å². The third-order valence-corrected chi connectivity index (χ3v) is 3.43. The van der Waals surface area contributed by atoms with Gasteiger partial charge in [0.05, 0.1) is 12.4 Å². The Hall–Kier alpha value is -4.34. The maximum absolute atomic E-state index is 11.7. The highest BCUT2D eigenvalue weighted by molar-refractivity contribution is 6.35. The molecule has 0 aliphatic rings. The largest absolute Gasteiger partial charge is 0.331 e. The van der Waals surface area contributed by atoms with Gasteiger partial charge in [-0.15, -0.1) is 0 Å². The molecule has 154 valence electrons. The van der Waals surface area contributed by atoms with Crippen LogP contribution in [0.15, 0.2) is 58.7 Å². The molecule has 0 fully saturated rings. The maximum Gasteiger partial charge on any atom is 0.331 e. The van der Waals surface area contributed by atoms with E-state index in [0.29, 0.717) is 22.5 Å². The normalized spacial score (nSPS) is 10.6. The molecule has 4 N–H and O–H groups in total. The van der Waals surface area contributed by atoms with Gasteiger partial charge in [0.1, 0.15) is 0 Å². The molecule has 0 aromatic heterocycles. The SMILES string of the molecule is CC(=O)Nc1ccc(/C=N\NC(=O)C(=O)N/N=C\c2ccc(NC(C)=O)cc2)cc1. The minimum atomic E-state index is -0.987. The van der Waals surface area contributed by atoms with Crippen LogP contribution in [0.25, 0.3) is 0 Å². The van der Waals surface area contributed by atoms with Gasteiger partial charge in [0.15, 0.2) is 0 Å². The summed E-state index contributed by atoms with van der Waals surface area (Å²) in [6, 6.07) is 13.4. The lowest BCUT2D eigenvalue weighted by atomic mass is 10.2. The zero-order valence-corrected chi connectivity index (χ0v) is 16.3. The Morgan fingerprint density at radius 1 is 0.633 bits per heavy atom. The minimum Gasteiger partial charge on any atom is -0.326 e. The van der Waals surface area contributed by atoms with Gasteiger partial charge >= 0.3 is 11.8 Å². The van der Waals surface area contributed by atoms with Gasteiger partial charge in [-0.2, -0.15) is 10.2 Å². The van der Waals surface area contributed by atoms with Gasteiger partial charge in [-0.1, -0.05) is 24.3 Å². The lowest BCUT2D eigenvalue weighted by molar-refractivity contribution is -0.139. The molecule has 2 aromatic rings. The monoisotopic (exact) mass is 408 g/mol. The summed E-state index contributed by atoms with van der Waals surface area (Å²) in [7, 11) is 0. The number of carbonyl (C=O) groups is 4. The van der Waals surface area contributed by atoms with Crippen molar-refractivity contribution in [3.8, 4) is 0 Å². The van der Waals surface area contributed by atoms with E-state index in [-0.39, 0.29) is 11.8 Å². The highest BCUT2D eigenvalue weighted by atomic mass is 16.2. The number of anilines is 2. The fraction of sp³-hybridized carbons (Fsp3) is 0.100. The van der Waals surface area contributed by atoms with Crippen molar-refractivity contribution in [2.45, 2.75) is 13.8 Å². The molecule has 2 rings (SSSR count). The van der Waals surface area contributed by atoms with E-state index in [4.69, 9.17) is 0 Å². The second kappa shape index (κ2) is 10.9. The van der Waals surface area contributed by atoms with Crippen LogP contribution >= 0.6 is 0 Å². The van der Waals surface area contributed by atoms with Crippen molar-refractivity contribution < 1.29 is 19.2 Å². The number of rotatable bonds is 6. The number of hydrazone groups is 2. The Balaban J connectivity index is 1.79. The lowest BCUT2D eigenvalue weighted by Gasteiger charge is -2.02. The predicted molar refractivity (Wildman–Crippen MR) is 113 cm³/mol. The summed E-state index contributed by atoms with van der Waals surface area (Å²) in [5.74, 6) is -2.34. The number of nitrogens with one attached hydrogen (secondary N) is 4. The fourth-order valence-corrected chi connectivity index (χ4v) is 2.14. The number of amides is 4. The highest BCUT2D eigenvalue weighted by Crippen LogP contribution is 2.08. The van der Waals surface area contributed by atoms with Gasteiger partial charge in [0.2, 0.25) is 11.8 Å². The molecule has 4 amide bonds. The van der Waals surface area contributed by atoms with Crippen LogP contribution in [-0.4, -0.2) is 36.1 Å². The van der Waals surface area contributed by atoms with Crippen molar-refractivity contribution in [1.82, 2.24) is 10.9 Å². The third-order valence-electron chi connectivity index (χ3n) is 3.43. The average Bonchev–Trinajstić information content (AvgIpc) is 2.69. The maximum atomic E-state index is 11.7. The van der Waals surface area contributed by atoms with E-state index in [1.807, 2.05) is 0 Å². The first-order valence-corrected chi connectivity index (χ1v) is 8.75.